The van der Waals surface area contributed by atoms with E-state index in [2.05, 4.69) is 36.3 Å². The Labute approximate surface area is 110 Å². The number of hydrogen-bond acceptors (Lipinski definition) is 4. The number of amides is 1. The number of halogens is 2. The summed E-state index contributed by atoms with van der Waals surface area (Å²) in [6.45, 7) is 0.0723. The van der Waals surface area contributed by atoms with Crippen molar-refractivity contribution in [3.8, 4) is 0 Å². The van der Waals surface area contributed by atoms with Crippen LogP contribution < -0.4 is 5.32 Å². The minimum atomic E-state index is -0.252. The molecule has 0 aliphatic heterocycles. The van der Waals surface area contributed by atoms with Gasteiger partial charge in [0.2, 0.25) is 5.91 Å². The number of rotatable bonds is 3. The number of hydrogen-bond donors (Lipinski definition) is 1. The van der Waals surface area contributed by atoms with Gasteiger partial charge in [-0.1, -0.05) is 11.6 Å². The second-order valence-electron chi connectivity index (χ2n) is 3.13. The van der Waals surface area contributed by atoms with E-state index in [9.17, 15) is 4.79 Å². The van der Waals surface area contributed by atoms with Gasteiger partial charge in [-0.2, -0.15) is 5.10 Å². The molecule has 0 saturated carbocycles. The number of anilines is 1. The molecule has 0 saturated heterocycles. The molecule has 0 aliphatic rings. The number of nitrogens with one attached hydrogen (secondary N) is 1. The first-order valence-corrected chi connectivity index (χ1v) is 5.75. The molecule has 6 nitrogen and oxygen atoms in total. The van der Waals surface area contributed by atoms with E-state index in [1.807, 2.05) is 0 Å². The van der Waals surface area contributed by atoms with Crippen LogP contribution >= 0.6 is 27.5 Å². The van der Waals surface area contributed by atoms with E-state index in [-0.39, 0.29) is 17.6 Å². The molecule has 2 aromatic heterocycles. The third-order valence-corrected chi connectivity index (χ3v) is 2.59. The van der Waals surface area contributed by atoms with Crippen molar-refractivity contribution in [1.82, 2.24) is 19.7 Å². The summed E-state index contributed by atoms with van der Waals surface area (Å²) in [5.41, 5.74) is 0.450. The Hall–Kier alpha value is -1.47. The van der Waals surface area contributed by atoms with Crippen molar-refractivity contribution in [2.45, 2.75) is 6.54 Å². The van der Waals surface area contributed by atoms with Gasteiger partial charge in [0.05, 0.1) is 5.69 Å². The van der Waals surface area contributed by atoms with Crippen LogP contribution in [-0.2, 0) is 11.3 Å². The van der Waals surface area contributed by atoms with Crippen LogP contribution in [0.15, 0.2) is 29.4 Å². The molecule has 1 amide bonds. The molecular formula is C9H7BrClN5O. The molecule has 8 heteroatoms. The summed E-state index contributed by atoms with van der Waals surface area (Å²) < 4.78 is 2.15. The summed E-state index contributed by atoms with van der Waals surface area (Å²) in [7, 11) is 0. The van der Waals surface area contributed by atoms with Gasteiger partial charge < -0.3 is 5.32 Å². The highest BCUT2D eigenvalue weighted by Gasteiger charge is 2.08. The van der Waals surface area contributed by atoms with E-state index in [1.165, 1.54) is 17.3 Å². The van der Waals surface area contributed by atoms with E-state index < -0.39 is 0 Å². The third kappa shape index (κ3) is 3.24. The zero-order chi connectivity index (χ0) is 12.3. The predicted molar refractivity (Wildman–Crippen MR) is 65.6 cm³/mol. The van der Waals surface area contributed by atoms with Crippen LogP contribution in [0.2, 0.25) is 5.15 Å². The Morgan fingerprint density at radius 3 is 3.12 bits per heavy atom. The second kappa shape index (κ2) is 5.24. The number of carbonyl (C=O) groups excluding carboxylic acids is 1. The number of nitrogens with zero attached hydrogens (tertiary/aromatic N) is 4. The lowest BCUT2D eigenvalue weighted by Gasteiger charge is -2.06. The SMILES string of the molecule is O=C(Cn1cncn1)Nc1cc(Br)cnc1Cl. The first-order valence-electron chi connectivity index (χ1n) is 4.58. The highest BCUT2D eigenvalue weighted by Crippen LogP contribution is 2.22. The summed E-state index contributed by atoms with van der Waals surface area (Å²) in [6.07, 6.45) is 4.37. The Balaban J connectivity index is 2.05. The highest BCUT2D eigenvalue weighted by atomic mass is 79.9. The molecule has 0 radical (unpaired) electrons. The van der Waals surface area contributed by atoms with Crippen molar-refractivity contribution in [3.63, 3.8) is 0 Å². The fourth-order valence-electron chi connectivity index (χ4n) is 1.16. The van der Waals surface area contributed by atoms with Gasteiger partial charge in [-0.15, -0.1) is 0 Å². The van der Waals surface area contributed by atoms with Gasteiger partial charge >= 0.3 is 0 Å². The molecule has 0 unspecified atom stereocenters. The van der Waals surface area contributed by atoms with Gasteiger partial charge in [-0.25, -0.2) is 14.6 Å². The standard InChI is InChI=1S/C9H7BrClN5O/c10-6-1-7(9(11)13-2-6)15-8(17)3-16-5-12-4-14-16/h1-2,4-5H,3H2,(H,15,17). The van der Waals surface area contributed by atoms with E-state index >= 15 is 0 Å². The van der Waals surface area contributed by atoms with Crippen LogP contribution in [0, 0.1) is 0 Å². The van der Waals surface area contributed by atoms with Crippen LogP contribution in [0.25, 0.3) is 0 Å². The summed E-state index contributed by atoms with van der Waals surface area (Å²) in [5.74, 6) is -0.252. The fourth-order valence-corrected chi connectivity index (χ4v) is 1.64. The number of aromatic nitrogens is 4. The van der Waals surface area contributed by atoms with E-state index in [1.54, 1.807) is 12.3 Å². The van der Waals surface area contributed by atoms with Crippen LogP contribution in [0.1, 0.15) is 0 Å². The van der Waals surface area contributed by atoms with Crippen LogP contribution in [0.3, 0.4) is 0 Å². The van der Waals surface area contributed by atoms with E-state index in [4.69, 9.17) is 11.6 Å². The molecule has 17 heavy (non-hydrogen) atoms. The predicted octanol–water partition coefficient (Wildman–Crippen LogP) is 1.73. The quantitative estimate of drug-likeness (QED) is 0.875. The maximum Gasteiger partial charge on any atom is 0.246 e. The third-order valence-electron chi connectivity index (χ3n) is 1.85. The molecule has 0 atom stereocenters. The molecule has 0 bridgehead atoms. The lowest BCUT2D eigenvalue weighted by atomic mass is 10.4. The fraction of sp³-hybridized carbons (Fsp3) is 0.111. The minimum absolute atomic E-state index is 0.0723. The number of carbonyl (C=O) groups is 1. The molecule has 2 rings (SSSR count). The average Bonchev–Trinajstić information content (AvgIpc) is 2.76. The van der Waals surface area contributed by atoms with Crippen molar-refractivity contribution >= 4 is 39.1 Å². The van der Waals surface area contributed by atoms with Gasteiger partial charge in [0.25, 0.3) is 0 Å². The highest BCUT2D eigenvalue weighted by molar-refractivity contribution is 9.10. The first-order chi connectivity index (χ1) is 8.15. The second-order valence-corrected chi connectivity index (χ2v) is 4.41. The molecule has 2 heterocycles. The summed E-state index contributed by atoms with van der Waals surface area (Å²) in [5, 5.41) is 6.70. The van der Waals surface area contributed by atoms with Crippen LogP contribution in [0.4, 0.5) is 5.69 Å². The molecular weight excluding hydrogens is 309 g/mol. The largest absolute Gasteiger partial charge is 0.322 e. The van der Waals surface area contributed by atoms with Crippen molar-refractivity contribution in [2.75, 3.05) is 5.32 Å². The normalized spacial score (nSPS) is 10.2. The molecule has 2 aromatic rings. The van der Waals surface area contributed by atoms with Crippen LogP contribution in [-0.4, -0.2) is 25.7 Å². The Bertz CT molecular complexity index is 530. The minimum Gasteiger partial charge on any atom is -0.322 e. The van der Waals surface area contributed by atoms with Crippen molar-refractivity contribution in [1.29, 1.82) is 0 Å². The summed E-state index contributed by atoms with van der Waals surface area (Å²) in [6, 6.07) is 1.68. The van der Waals surface area contributed by atoms with Gasteiger partial charge in [0.1, 0.15) is 19.2 Å². The Kier molecular flexibility index (Phi) is 3.70. The van der Waals surface area contributed by atoms with Crippen molar-refractivity contribution < 1.29 is 4.79 Å². The zero-order valence-corrected chi connectivity index (χ0v) is 10.8. The lowest BCUT2D eigenvalue weighted by Crippen LogP contribution is -2.19. The smallest absolute Gasteiger partial charge is 0.246 e. The molecule has 0 spiro atoms. The van der Waals surface area contributed by atoms with Crippen molar-refractivity contribution in [2.24, 2.45) is 0 Å². The molecule has 1 N–H and O–H groups in total. The Morgan fingerprint density at radius 1 is 1.59 bits per heavy atom. The Morgan fingerprint density at radius 2 is 2.41 bits per heavy atom. The maximum atomic E-state index is 11.6. The molecule has 0 aliphatic carbocycles. The molecule has 0 aromatic carbocycles. The van der Waals surface area contributed by atoms with Gasteiger partial charge in [0, 0.05) is 10.7 Å². The van der Waals surface area contributed by atoms with Gasteiger partial charge in [0.15, 0.2) is 5.15 Å². The van der Waals surface area contributed by atoms with Crippen molar-refractivity contribution in [3.05, 3.63) is 34.5 Å². The van der Waals surface area contributed by atoms with Gasteiger partial charge in [-0.05, 0) is 22.0 Å². The lowest BCUT2D eigenvalue weighted by molar-refractivity contribution is -0.116. The van der Waals surface area contributed by atoms with Crippen LogP contribution in [0.5, 0.6) is 0 Å². The van der Waals surface area contributed by atoms with Gasteiger partial charge in [-0.3, -0.25) is 4.79 Å². The molecule has 88 valence electrons. The van der Waals surface area contributed by atoms with E-state index in [0.717, 1.165) is 4.47 Å². The summed E-state index contributed by atoms with van der Waals surface area (Å²) >= 11 is 9.09. The van der Waals surface area contributed by atoms with E-state index in [0.29, 0.717) is 5.69 Å². The summed E-state index contributed by atoms with van der Waals surface area (Å²) in [4.78, 5) is 19.3. The monoisotopic (exact) mass is 315 g/mol. The zero-order valence-electron chi connectivity index (χ0n) is 8.47. The number of pyridine rings is 1. The first kappa shape index (κ1) is 12.0. The maximum absolute atomic E-state index is 11.6. The molecule has 0 fully saturated rings. The average molecular weight is 317 g/mol. The topological polar surface area (TPSA) is 72.7 Å².